The van der Waals surface area contributed by atoms with E-state index in [2.05, 4.69) is 5.32 Å². The van der Waals surface area contributed by atoms with Crippen molar-refractivity contribution in [2.24, 2.45) is 11.7 Å². The third-order valence-electron chi connectivity index (χ3n) is 3.12. The van der Waals surface area contributed by atoms with Crippen molar-refractivity contribution in [2.75, 3.05) is 0 Å². The Morgan fingerprint density at radius 2 is 2.06 bits per heavy atom. The van der Waals surface area contributed by atoms with Crippen molar-refractivity contribution >= 4 is 5.91 Å². The smallest absolute Gasteiger partial charge is 0.237 e. The monoisotopic (exact) mass is 228 g/mol. The maximum Gasteiger partial charge on any atom is 0.237 e. The first-order chi connectivity index (χ1) is 7.50. The molecule has 1 saturated carbocycles. The largest absolute Gasteiger partial charge is 0.391 e. The van der Waals surface area contributed by atoms with Gasteiger partial charge in [0.15, 0.2) is 0 Å². The molecule has 0 heterocycles. The normalized spacial score (nSPS) is 27.8. The van der Waals surface area contributed by atoms with Crippen LogP contribution < -0.4 is 11.1 Å². The van der Waals surface area contributed by atoms with E-state index in [9.17, 15) is 9.90 Å². The molecular weight excluding hydrogens is 204 g/mol. The van der Waals surface area contributed by atoms with Crippen LogP contribution in [-0.4, -0.2) is 29.2 Å². The van der Waals surface area contributed by atoms with Crippen molar-refractivity contribution in [2.45, 2.75) is 64.1 Å². The van der Waals surface area contributed by atoms with Crippen LogP contribution in [0.4, 0.5) is 0 Å². The number of aliphatic hydroxyl groups is 1. The van der Waals surface area contributed by atoms with Gasteiger partial charge in [-0.15, -0.1) is 0 Å². The van der Waals surface area contributed by atoms with Crippen molar-refractivity contribution in [3.05, 3.63) is 0 Å². The zero-order chi connectivity index (χ0) is 12.1. The molecule has 0 aromatic rings. The third-order valence-corrected chi connectivity index (χ3v) is 3.12. The highest BCUT2D eigenvalue weighted by Crippen LogP contribution is 2.18. The maximum absolute atomic E-state index is 11.7. The minimum atomic E-state index is -0.450. The molecule has 1 aliphatic rings. The van der Waals surface area contributed by atoms with Gasteiger partial charge in [-0.3, -0.25) is 4.79 Å². The molecule has 4 N–H and O–H groups in total. The molecule has 0 aromatic heterocycles. The first kappa shape index (κ1) is 13.5. The molecule has 0 spiro atoms. The lowest BCUT2D eigenvalue weighted by atomic mass is 9.92. The van der Waals surface area contributed by atoms with E-state index in [1.54, 1.807) is 0 Å². The summed E-state index contributed by atoms with van der Waals surface area (Å²) in [7, 11) is 0. The molecule has 94 valence electrons. The molecule has 1 aliphatic carbocycles. The average Bonchev–Trinajstić information content (AvgIpc) is 2.20. The fourth-order valence-corrected chi connectivity index (χ4v) is 2.18. The zero-order valence-electron chi connectivity index (χ0n) is 10.3. The van der Waals surface area contributed by atoms with Gasteiger partial charge in [-0.05, 0) is 25.2 Å². The van der Waals surface area contributed by atoms with Crippen LogP contribution in [0.25, 0.3) is 0 Å². The van der Waals surface area contributed by atoms with E-state index in [0.29, 0.717) is 12.3 Å². The highest BCUT2D eigenvalue weighted by atomic mass is 16.3. The number of amides is 1. The van der Waals surface area contributed by atoms with Crippen LogP contribution in [0.5, 0.6) is 0 Å². The van der Waals surface area contributed by atoms with Gasteiger partial charge in [0.25, 0.3) is 0 Å². The summed E-state index contributed by atoms with van der Waals surface area (Å²) in [6, 6.07) is -0.548. The van der Waals surface area contributed by atoms with E-state index in [4.69, 9.17) is 5.73 Å². The Labute approximate surface area is 97.6 Å². The summed E-state index contributed by atoms with van der Waals surface area (Å²) in [6.07, 6.45) is 4.05. The van der Waals surface area contributed by atoms with Gasteiger partial charge in [-0.1, -0.05) is 26.7 Å². The summed E-state index contributed by atoms with van der Waals surface area (Å²) in [4.78, 5) is 11.7. The Hall–Kier alpha value is -0.610. The van der Waals surface area contributed by atoms with E-state index in [1.165, 1.54) is 0 Å². The molecule has 4 heteroatoms. The molecule has 2 unspecified atom stereocenters. The Bertz CT molecular complexity index is 231. The predicted octanol–water partition coefficient (Wildman–Crippen LogP) is 0.779. The van der Waals surface area contributed by atoms with Gasteiger partial charge < -0.3 is 16.2 Å². The van der Waals surface area contributed by atoms with Gasteiger partial charge in [-0.2, -0.15) is 0 Å². The van der Waals surface area contributed by atoms with E-state index in [1.807, 2.05) is 13.8 Å². The molecule has 16 heavy (non-hydrogen) atoms. The molecule has 1 fully saturated rings. The Kier molecular flexibility index (Phi) is 5.22. The Balaban J connectivity index is 2.37. The van der Waals surface area contributed by atoms with Crippen LogP contribution in [0.2, 0.25) is 0 Å². The second-order valence-electron chi connectivity index (χ2n) is 5.20. The molecule has 3 atom stereocenters. The van der Waals surface area contributed by atoms with Crippen LogP contribution in [0.1, 0.15) is 46.0 Å². The second kappa shape index (κ2) is 6.21. The van der Waals surface area contributed by atoms with Crippen molar-refractivity contribution < 1.29 is 9.90 Å². The quantitative estimate of drug-likeness (QED) is 0.665. The number of nitrogens with one attached hydrogen (secondary N) is 1. The van der Waals surface area contributed by atoms with Crippen molar-refractivity contribution in [1.29, 1.82) is 0 Å². The van der Waals surface area contributed by atoms with Crippen LogP contribution in [-0.2, 0) is 4.79 Å². The Morgan fingerprint density at radius 1 is 1.44 bits per heavy atom. The molecule has 0 bridgehead atoms. The molecule has 0 saturated heterocycles. The highest BCUT2D eigenvalue weighted by Gasteiger charge is 2.26. The maximum atomic E-state index is 11.7. The van der Waals surface area contributed by atoms with Gasteiger partial charge in [0, 0.05) is 0 Å². The molecular formula is C12H24N2O2. The number of hydrogen-bond donors (Lipinski definition) is 3. The van der Waals surface area contributed by atoms with Gasteiger partial charge in [0.2, 0.25) is 5.91 Å². The summed E-state index contributed by atoms with van der Waals surface area (Å²) in [5.74, 6) is 0.289. The van der Waals surface area contributed by atoms with E-state index >= 15 is 0 Å². The van der Waals surface area contributed by atoms with Crippen molar-refractivity contribution in [1.82, 2.24) is 5.32 Å². The average molecular weight is 228 g/mol. The van der Waals surface area contributed by atoms with Crippen LogP contribution in [0, 0.1) is 5.92 Å². The van der Waals surface area contributed by atoms with Crippen LogP contribution >= 0.6 is 0 Å². The standard InChI is InChI=1S/C12H24N2O2/c1-8(2)7-9(13)12(16)14-10-5-3-4-6-11(10)15/h8-11,15H,3-7,13H2,1-2H3,(H,14,16)/t9-,10?,11?/m1/s1. The second-order valence-corrected chi connectivity index (χ2v) is 5.20. The fraction of sp³-hybridized carbons (Fsp3) is 0.917. The Morgan fingerprint density at radius 3 is 2.62 bits per heavy atom. The number of aliphatic hydroxyl groups excluding tert-OH is 1. The highest BCUT2D eigenvalue weighted by molar-refractivity contribution is 5.81. The summed E-state index contributed by atoms with van der Waals surface area (Å²) >= 11 is 0. The lowest BCUT2D eigenvalue weighted by Crippen LogP contribution is -2.51. The first-order valence-corrected chi connectivity index (χ1v) is 6.24. The lowest BCUT2D eigenvalue weighted by Gasteiger charge is -2.29. The van der Waals surface area contributed by atoms with Crippen LogP contribution in [0.3, 0.4) is 0 Å². The van der Waals surface area contributed by atoms with Gasteiger partial charge in [0.1, 0.15) is 0 Å². The summed E-state index contributed by atoms with van der Waals surface area (Å²) in [5.41, 5.74) is 5.79. The minimum Gasteiger partial charge on any atom is -0.391 e. The van der Waals surface area contributed by atoms with E-state index in [0.717, 1.165) is 25.7 Å². The van der Waals surface area contributed by atoms with Gasteiger partial charge in [0.05, 0.1) is 18.2 Å². The van der Waals surface area contributed by atoms with E-state index in [-0.39, 0.29) is 11.9 Å². The molecule has 0 aliphatic heterocycles. The molecule has 0 aromatic carbocycles. The topological polar surface area (TPSA) is 75.4 Å². The van der Waals surface area contributed by atoms with Crippen molar-refractivity contribution in [3.8, 4) is 0 Å². The molecule has 1 amide bonds. The fourth-order valence-electron chi connectivity index (χ4n) is 2.18. The third kappa shape index (κ3) is 4.10. The number of rotatable bonds is 4. The number of carbonyl (C=O) groups is 1. The molecule has 1 rings (SSSR count). The molecule has 0 radical (unpaired) electrons. The van der Waals surface area contributed by atoms with Crippen LogP contribution in [0.15, 0.2) is 0 Å². The van der Waals surface area contributed by atoms with E-state index < -0.39 is 12.1 Å². The predicted molar refractivity (Wildman–Crippen MR) is 63.8 cm³/mol. The number of nitrogens with two attached hydrogens (primary N) is 1. The first-order valence-electron chi connectivity index (χ1n) is 6.24. The SMILES string of the molecule is CC(C)C[C@@H](N)C(=O)NC1CCCCC1O. The van der Waals surface area contributed by atoms with Gasteiger partial charge in [-0.25, -0.2) is 0 Å². The summed E-state index contributed by atoms with van der Waals surface area (Å²) in [5, 5.41) is 12.6. The number of carbonyl (C=O) groups excluding carboxylic acids is 1. The molecule has 4 nitrogen and oxygen atoms in total. The zero-order valence-corrected chi connectivity index (χ0v) is 10.3. The lowest BCUT2D eigenvalue weighted by molar-refractivity contribution is -0.124. The van der Waals surface area contributed by atoms with Gasteiger partial charge >= 0.3 is 0 Å². The summed E-state index contributed by atoms with van der Waals surface area (Å²) in [6.45, 7) is 4.09. The summed E-state index contributed by atoms with van der Waals surface area (Å²) < 4.78 is 0. The van der Waals surface area contributed by atoms with Crippen molar-refractivity contribution in [3.63, 3.8) is 0 Å². The minimum absolute atomic E-state index is 0.0977. The number of hydrogen-bond acceptors (Lipinski definition) is 3.